The number of hydrogen-bond donors (Lipinski definition) is 3. The summed E-state index contributed by atoms with van der Waals surface area (Å²) in [4.78, 5) is 19.1. The minimum Gasteiger partial charge on any atom is -0.373 e. The van der Waals surface area contributed by atoms with E-state index in [-0.39, 0.29) is 0 Å². The van der Waals surface area contributed by atoms with Gasteiger partial charge in [-0.15, -0.1) is 0 Å². The number of fused-ring (bicyclic) bond motifs is 3. The van der Waals surface area contributed by atoms with Crippen molar-refractivity contribution in [1.82, 2.24) is 29.7 Å². The molecule has 0 bridgehead atoms. The molecule has 9 heteroatoms. The molecule has 5 rings (SSSR count). The topological polar surface area (TPSA) is 94.4 Å². The number of aliphatic hydroxyl groups is 1. The SMILES string of the molecule is CC1CN(c2ccc(Nc3ncc4cc5n(c4n3)CCCCCNC5O)nc2)CC(C)N1CCC(C)(C)C. The van der Waals surface area contributed by atoms with E-state index < -0.39 is 6.23 Å². The summed E-state index contributed by atoms with van der Waals surface area (Å²) in [5.74, 6) is 1.23. The Morgan fingerprint density at radius 1 is 1.05 bits per heavy atom. The highest BCUT2D eigenvalue weighted by molar-refractivity contribution is 5.78. The van der Waals surface area contributed by atoms with Gasteiger partial charge in [-0.2, -0.15) is 4.98 Å². The molecule has 0 aromatic carbocycles. The zero-order valence-electron chi connectivity index (χ0n) is 23.6. The van der Waals surface area contributed by atoms with E-state index >= 15 is 0 Å². The van der Waals surface area contributed by atoms with E-state index in [1.54, 1.807) is 0 Å². The van der Waals surface area contributed by atoms with Gasteiger partial charge in [-0.25, -0.2) is 9.97 Å². The molecule has 5 heterocycles. The molecule has 3 unspecified atom stereocenters. The summed E-state index contributed by atoms with van der Waals surface area (Å²) in [6.45, 7) is 16.4. The fourth-order valence-electron chi connectivity index (χ4n) is 5.73. The van der Waals surface area contributed by atoms with Gasteiger partial charge in [0.1, 0.15) is 17.7 Å². The fourth-order valence-corrected chi connectivity index (χ4v) is 5.73. The van der Waals surface area contributed by atoms with Crippen LogP contribution in [0.4, 0.5) is 17.5 Å². The Morgan fingerprint density at radius 3 is 2.55 bits per heavy atom. The summed E-state index contributed by atoms with van der Waals surface area (Å²) in [6, 6.07) is 7.12. The van der Waals surface area contributed by atoms with Crippen LogP contribution in [0.5, 0.6) is 0 Å². The van der Waals surface area contributed by atoms with Crippen molar-refractivity contribution in [2.75, 3.05) is 36.4 Å². The number of pyridine rings is 1. The molecule has 3 N–H and O–H groups in total. The first-order valence-corrected chi connectivity index (χ1v) is 14.2. The van der Waals surface area contributed by atoms with Crippen LogP contribution in [0.2, 0.25) is 0 Å². The number of piperazine rings is 1. The van der Waals surface area contributed by atoms with Crippen LogP contribution in [-0.4, -0.2) is 67.8 Å². The smallest absolute Gasteiger partial charge is 0.230 e. The van der Waals surface area contributed by atoms with E-state index in [1.807, 2.05) is 24.5 Å². The molecule has 0 amide bonds. The van der Waals surface area contributed by atoms with Gasteiger partial charge in [0.2, 0.25) is 5.95 Å². The van der Waals surface area contributed by atoms with Gasteiger partial charge < -0.3 is 19.9 Å². The highest BCUT2D eigenvalue weighted by Gasteiger charge is 2.30. The average Bonchev–Trinajstić information content (AvgIpc) is 3.25. The van der Waals surface area contributed by atoms with Gasteiger partial charge in [-0.3, -0.25) is 10.2 Å². The molecule has 3 aromatic heterocycles. The number of hydrogen-bond acceptors (Lipinski definition) is 8. The summed E-state index contributed by atoms with van der Waals surface area (Å²) in [7, 11) is 0. The van der Waals surface area contributed by atoms with Gasteiger partial charge in [-0.05, 0) is 69.8 Å². The van der Waals surface area contributed by atoms with Gasteiger partial charge in [-0.1, -0.05) is 27.2 Å². The molecule has 1 fully saturated rings. The molecular formula is C29H44N8O. The third kappa shape index (κ3) is 6.11. The quantitative estimate of drug-likeness (QED) is 0.447. The molecule has 0 saturated carbocycles. The maximum atomic E-state index is 10.6. The lowest BCUT2D eigenvalue weighted by molar-refractivity contribution is 0.114. The monoisotopic (exact) mass is 520 g/mol. The van der Waals surface area contributed by atoms with Gasteiger partial charge in [0.25, 0.3) is 0 Å². The first-order valence-electron chi connectivity index (χ1n) is 14.2. The van der Waals surface area contributed by atoms with E-state index in [1.165, 1.54) is 6.42 Å². The third-order valence-electron chi connectivity index (χ3n) is 7.92. The summed E-state index contributed by atoms with van der Waals surface area (Å²) < 4.78 is 2.12. The van der Waals surface area contributed by atoms with Crippen molar-refractivity contribution < 1.29 is 5.11 Å². The normalized spacial score (nSPS) is 23.5. The molecule has 206 valence electrons. The highest BCUT2D eigenvalue weighted by atomic mass is 16.3. The van der Waals surface area contributed by atoms with E-state index in [4.69, 9.17) is 9.97 Å². The van der Waals surface area contributed by atoms with Crippen molar-refractivity contribution in [3.8, 4) is 0 Å². The molecule has 2 aliphatic rings. The number of anilines is 3. The van der Waals surface area contributed by atoms with Crippen LogP contribution in [0.15, 0.2) is 30.6 Å². The Balaban J connectivity index is 1.27. The van der Waals surface area contributed by atoms with Gasteiger partial charge >= 0.3 is 0 Å². The summed E-state index contributed by atoms with van der Waals surface area (Å²) in [5, 5.41) is 18.0. The van der Waals surface area contributed by atoms with Crippen molar-refractivity contribution in [1.29, 1.82) is 0 Å². The van der Waals surface area contributed by atoms with Crippen molar-refractivity contribution in [3.05, 3.63) is 36.3 Å². The zero-order chi connectivity index (χ0) is 26.9. The Bertz CT molecular complexity index is 1210. The van der Waals surface area contributed by atoms with E-state index in [9.17, 15) is 5.11 Å². The predicted octanol–water partition coefficient (Wildman–Crippen LogP) is 4.67. The molecule has 0 aliphatic carbocycles. The largest absolute Gasteiger partial charge is 0.373 e. The Morgan fingerprint density at radius 2 is 1.84 bits per heavy atom. The van der Waals surface area contributed by atoms with E-state index in [2.05, 4.69) is 70.7 Å². The third-order valence-corrected chi connectivity index (χ3v) is 7.92. The second-order valence-corrected chi connectivity index (χ2v) is 12.3. The maximum Gasteiger partial charge on any atom is 0.230 e. The molecule has 3 aromatic rings. The molecule has 9 nitrogen and oxygen atoms in total. The molecular weight excluding hydrogens is 476 g/mol. The first-order chi connectivity index (χ1) is 18.2. The molecule has 1 saturated heterocycles. The summed E-state index contributed by atoms with van der Waals surface area (Å²) >= 11 is 0. The van der Waals surface area contributed by atoms with Crippen molar-refractivity contribution >= 4 is 28.5 Å². The second kappa shape index (κ2) is 11.2. The average molecular weight is 521 g/mol. The minimum atomic E-state index is -0.696. The van der Waals surface area contributed by atoms with Crippen LogP contribution >= 0.6 is 0 Å². The van der Waals surface area contributed by atoms with Crippen molar-refractivity contribution in [3.63, 3.8) is 0 Å². The minimum absolute atomic E-state index is 0.356. The Kier molecular flexibility index (Phi) is 7.88. The van der Waals surface area contributed by atoms with Crippen LogP contribution < -0.4 is 15.5 Å². The Hall–Kier alpha value is -2.75. The lowest BCUT2D eigenvalue weighted by Gasteiger charge is -2.46. The highest BCUT2D eigenvalue weighted by Crippen LogP contribution is 2.28. The summed E-state index contributed by atoms with van der Waals surface area (Å²) in [5.41, 5.74) is 3.18. The van der Waals surface area contributed by atoms with Gasteiger partial charge in [0.05, 0.1) is 17.6 Å². The number of aromatic nitrogens is 4. The van der Waals surface area contributed by atoms with E-state index in [0.717, 1.165) is 80.2 Å². The van der Waals surface area contributed by atoms with Crippen molar-refractivity contribution in [2.45, 2.75) is 85.2 Å². The number of nitrogens with zero attached hydrogens (tertiary/aromatic N) is 6. The lowest BCUT2D eigenvalue weighted by Crippen LogP contribution is -2.57. The van der Waals surface area contributed by atoms with Crippen LogP contribution in [0.1, 0.15) is 72.2 Å². The molecule has 3 atom stereocenters. The molecule has 0 radical (unpaired) electrons. The van der Waals surface area contributed by atoms with E-state index in [0.29, 0.717) is 23.4 Å². The Labute approximate surface area is 226 Å². The molecule has 0 spiro atoms. The molecule has 2 aliphatic heterocycles. The second-order valence-electron chi connectivity index (χ2n) is 12.3. The molecule has 38 heavy (non-hydrogen) atoms. The van der Waals surface area contributed by atoms with Crippen LogP contribution in [0.25, 0.3) is 11.0 Å². The van der Waals surface area contributed by atoms with Gasteiger partial charge in [0.15, 0.2) is 0 Å². The first kappa shape index (κ1) is 26.8. The number of nitrogens with one attached hydrogen (secondary N) is 2. The number of rotatable bonds is 5. The van der Waals surface area contributed by atoms with Gasteiger partial charge in [0, 0.05) is 43.3 Å². The predicted molar refractivity (Wildman–Crippen MR) is 154 cm³/mol. The number of aliphatic hydroxyl groups excluding tert-OH is 1. The van der Waals surface area contributed by atoms with Crippen LogP contribution in [0, 0.1) is 5.41 Å². The van der Waals surface area contributed by atoms with Crippen LogP contribution in [-0.2, 0) is 6.54 Å². The maximum absolute atomic E-state index is 10.6. The zero-order valence-corrected chi connectivity index (χ0v) is 23.6. The fraction of sp³-hybridized carbons (Fsp3) is 0.621. The van der Waals surface area contributed by atoms with Crippen LogP contribution in [0.3, 0.4) is 0 Å². The lowest BCUT2D eigenvalue weighted by atomic mass is 9.91. The number of aryl methyl sites for hydroxylation is 1. The summed E-state index contributed by atoms with van der Waals surface area (Å²) in [6.07, 6.45) is 7.52. The van der Waals surface area contributed by atoms with Crippen molar-refractivity contribution in [2.24, 2.45) is 5.41 Å². The standard InChI is InChI=1S/C29H44N8O/c1-20-18-35(19-21(2)36(20)14-11-29(3,4)5)23-9-10-25(31-17-23)33-28-32-16-22-15-24-27(38)30-12-7-6-8-13-37(24)26(22)34-28/h9-10,15-17,20-21,27,30,38H,6-8,11-14,18-19H2,1-5H3,(H,31,32,33,34).